The van der Waals surface area contributed by atoms with E-state index in [2.05, 4.69) is 0 Å². The van der Waals surface area contributed by atoms with E-state index in [1.807, 2.05) is 0 Å². The van der Waals surface area contributed by atoms with Gasteiger partial charge < -0.3 is 15.3 Å². The third-order valence-electron chi connectivity index (χ3n) is 1.74. The van der Waals surface area contributed by atoms with E-state index in [4.69, 9.17) is 15.3 Å². The Balaban J connectivity index is 0.00000225. The molecule has 0 amide bonds. The number of hydrogen-bond donors (Lipinski definition) is 3. The molecule has 3 radical (unpaired) electrons. The van der Waals surface area contributed by atoms with Gasteiger partial charge in [-0.1, -0.05) is 6.07 Å². The van der Waals surface area contributed by atoms with Gasteiger partial charge in [0.15, 0.2) is 0 Å². The fourth-order valence-corrected chi connectivity index (χ4v) is 1.14. The second-order valence-electron chi connectivity index (χ2n) is 2.64. The number of rotatable bonds is 3. The summed E-state index contributed by atoms with van der Waals surface area (Å²) in [6.45, 7) is 0. The maximum absolute atomic E-state index is 10.7. The summed E-state index contributed by atoms with van der Waals surface area (Å²) < 4.78 is 0. The van der Waals surface area contributed by atoms with Crippen LogP contribution in [0.15, 0.2) is 18.2 Å². The summed E-state index contributed by atoms with van der Waals surface area (Å²) in [5.74, 6) is -4.53. The maximum Gasteiger partial charge on any atom is 0.337 e. The Morgan fingerprint density at radius 3 is 1.44 bits per heavy atom. The molecule has 0 aliphatic rings. The predicted octanol–water partition coefficient (Wildman–Crippen LogP) is 0.400. The van der Waals surface area contributed by atoms with Gasteiger partial charge in [0.2, 0.25) is 0 Å². The fourth-order valence-electron chi connectivity index (χ4n) is 1.14. The molecule has 0 bridgehead atoms. The molecule has 3 N–H and O–H groups in total. The van der Waals surface area contributed by atoms with E-state index in [0.717, 1.165) is 12.1 Å². The van der Waals surface area contributed by atoms with Gasteiger partial charge in [-0.05, 0) is 12.1 Å². The predicted molar refractivity (Wildman–Crippen MR) is 53.1 cm³/mol. The molecule has 0 aliphatic heterocycles. The van der Waals surface area contributed by atoms with Crippen molar-refractivity contribution in [3.05, 3.63) is 34.9 Å². The van der Waals surface area contributed by atoms with Crippen LogP contribution in [0.2, 0.25) is 0 Å². The molecule has 1 aromatic carbocycles. The summed E-state index contributed by atoms with van der Waals surface area (Å²) in [7, 11) is 0. The minimum absolute atomic E-state index is 0. The zero-order valence-electron chi connectivity index (χ0n) is 7.75. The van der Waals surface area contributed by atoms with Gasteiger partial charge in [0.05, 0.1) is 16.7 Å². The van der Waals surface area contributed by atoms with Crippen molar-refractivity contribution in [3.63, 3.8) is 0 Å². The second kappa shape index (κ2) is 5.56. The summed E-state index contributed by atoms with van der Waals surface area (Å²) in [5, 5.41) is 26.0. The minimum atomic E-state index is -1.58. The van der Waals surface area contributed by atoms with E-state index in [1.54, 1.807) is 0 Å². The molecule has 0 fully saturated rings. The molecule has 16 heavy (non-hydrogen) atoms. The molecule has 1 rings (SSSR count). The summed E-state index contributed by atoms with van der Waals surface area (Å²) in [6.07, 6.45) is 0. The number of carboxylic acid groups (broad SMARTS) is 3. The van der Waals surface area contributed by atoms with Crippen molar-refractivity contribution < 1.29 is 29.7 Å². The van der Waals surface area contributed by atoms with Crippen LogP contribution in [0.1, 0.15) is 31.1 Å². The van der Waals surface area contributed by atoms with E-state index in [1.165, 1.54) is 6.07 Å². The minimum Gasteiger partial charge on any atom is -0.478 e. The summed E-state index contributed by atoms with van der Waals surface area (Å²) in [5.41, 5.74) is -1.79. The third-order valence-corrected chi connectivity index (χ3v) is 1.74. The first-order valence-electron chi connectivity index (χ1n) is 3.78. The molecule has 0 aromatic heterocycles. The van der Waals surface area contributed by atoms with Crippen LogP contribution >= 0.6 is 0 Å². The maximum atomic E-state index is 10.7. The monoisotopic (exact) mass is 419 g/mol. The molecule has 1 aromatic rings. The van der Waals surface area contributed by atoms with Crippen LogP contribution in [-0.4, -0.2) is 59.4 Å². The van der Waals surface area contributed by atoms with Gasteiger partial charge >= 0.3 is 17.9 Å². The first kappa shape index (κ1) is 14.5. The van der Waals surface area contributed by atoms with Crippen LogP contribution in [0.25, 0.3) is 0 Å². The number of benzene rings is 1. The van der Waals surface area contributed by atoms with Gasteiger partial charge in [-0.2, -0.15) is 0 Å². The van der Waals surface area contributed by atoms with Crippen molar-refractivity contribution in [2.75, 3.05) is 0 Å². The Morgan fingerprint density at radius 2 is 1.19 bits per heavy atom. The summed E-state index contributed by atoms with van der Waals surface area (Å²) in [4.78, 5) is 32.0. The Morgan fingerprint density at radius 1 is 0.812 bits per heavy atom. The van der Waals surface area contributed by atoms with Crippen molar-refractivity contribution in [1.82, 2.24) is 0 Å². The smallest absolute Gasteiger partial charge is 0.337 e. The number of carbonyl (C=O) groups is 3. The average Bonchev–Trinajstić information content (AvgIpc) is 2.16. The van der Waals surface area contributed by atoms with Crippen LogP contribution in [0.3, 0.4) is 0 Å². The van der Waals surface area contributed by atoms with Crippen molar-refractivity contribution in [3.8, 4) is 0 Å². The number of aromatic carboxylic acids is 3. The quantitative estimate of drug-likeness (QED) is 0.612. The Bertz CT molecular complexity index is 421. The van der Waals surface area contributed by atoms with Crippen molar-refractivity contribution in [2.45, 2.75) is 0 Å². The van der Waals surface area contributed by atoms with Gasteiger partial charge in [0, 0.05) is 26.2 Å². The first-order chi connectivity index (χ1) is 6.95. The van der Waals surface area contributed by atoms with E-state index in [0.29, 0.717) is 0 Å². The van der Waals surface area contributed by atoms with Gasteiger partial charge in [-0.15, -0.1) is 0 Å². The SMILES string of the molecule is O=C(O)c1cccc(C(=O)O)c1C(=O)O.[Bi]. The molecule has 0 aliphatic carbocycles. The number of hydrogen-bond acceptors (Lipinski definition) is 3. The van der Waals surface area contributed by atoms with E-state index >= 15 is 0 Å². The van der Waals surface area contributed by atoms with E-state index in [9.17, 15) is 14.4 Å². The molecule has 7 heteroatoms. The van der Waals surface area contributed by atoms with Crippen LogP contribution < -0.4 is 0 Å². The normalized spacial score (nSPS) is 9.00. The molecule has 83 valence electrons. The topological polar surface area (TPSA) is 112 Å². The molecular weight excluding hydrogens is 413 g/mol. The molecule has 0 saturated carbocycles. The van der Waals surface area contributed by atoms with E-state index < -0.39 is 34.6 Å². The van der Waals surface area contributed by atoms with Crippen LogP contribution in [0, 0.1) is 0 Å². The van der Waals surface area contributed by atoms with Crippen LogP contribution in [-0.2, 0) is 0 Å². The van der Waals surface area contributed by atoms with Crippen molar-refractivity contribution >= 4 is 44.1 Å². The fraction of sp³-hybridized carbons (Fsp3) is 0. The molecule has 0 saturated heterocycles. The van der Waals surface area contributed by atoms with Gasteiger partial charge in [0.1, 0.15) is 0 Å². The summed E-state index contributed by atoms with van der Waals surface area (Å²) >= 11 is 0. The largest absolute Gasteiger partial charge is 0.478 e. The van der Waals surface area contributed by atoms with Crippen LogP contribution in [0.5, 0.6) is 0 Å². The van der Waals surface area contributed by atoms with Crippen LogP contribution in [0.4, 0.5) is 0 Å². The van der Waals surface area contributed by atoms with Gasteiger partial charge in [-0.3, -0.25) is 0 Å². The van der Waals surface area contributed by atoms with E-state index in [-0.39, 0.29) is 26.2 Å². The third kappa shape index (κ3) is 2.76. The van der Waals surface area contributed by atoms with Crippen molar-refractivity contribution in [2.24, 2.45) is 0 Å². The Kier molecular flexibility index (Phi) is 5.04. The molecule has 0 heterocycles. The first-order valence-corrected chi connectivity index (χ1v) is 3.78. The van der Waals surface area contributed by atoms with Gasteiger partial charge in [0.25, 0.3) is 0 Å². The molecule has 0 atom stereocenters. The number of carboxylic acids is 3. The molecule has 0 spiro atoms. The molecule has 0 unspecified atom stereocenters. The standard InChI is InChI=1S/C9H6O6.Bi/c10-7(11)4-2-1-3-5(8(12)13)6(4)9(14)15;/h1-3H,(H,10,11)(H,12,13)(H,14,15);. The van der Waals surface area contributed by atoms with Crippen molar-refractivity contribution in [1.29, 1.82) is 0 Å². The zero-order valence-corrected chi connectivity index (χ0v) is 11.2. The zero-order chi connectivity index (χ0) is 11.6. The summed E-state index contributed by atoms with van der Waals surface area (Å²) in [6, 6.07) is 3.26. The molecular formula is C9H6BiO6. The van der Waals surface area contributed by atoms with Gasteiger partial charge in [-0.25, -0.2) is 14.4 Å². The molecule has 6 nitrogen and oxygen atoms in total. The Labute approximate surface area is 109 Å². The second-order valence-corrected chi connectivity index (χ2v) is 2.64. The average molecular weight is 419 g/mol. The Hall–Kier alpha value is -1.49.